The normalized spacial score (nSPS) is 10.2. The lowest BCUT2D eigenvalue weighted by molar-refractivity contribution is -0.118. The Morgan fingerprint density at radius 1 is 1.12 bits per heavy atom. The third kappa shape index (κ3) is 5.54. The number of halogens is 1. The molecule has 0 unspecified atom stereocenters. The molecule has 0 radical (unpaired) electrons. The Morgan fingerprint density at radius 2 is 1.88 bits per heavy atom. The highest BCUT2D eigenvalue weighted by molar-refractivity contribution is 6.31. The Bertz CT molecular complexity index is 787. The first-order valence-corrected chi connectivity index (χ1v) is 8.30. The number of hydrogen-bond acceptors (Lipinski definition) is 3. The molecule has 4 nitrogen and oxygen atoms in total. The summed E-state index contributed by atoms with van der Waals surface area (Å²) in [6.45, 7) is 9.87. The van der Waals surface area contributed by atoms with Crippen LogP contribution in [0.1, 0.15) is 18.1 Å². The second-order valence-electron chi connectivity index (χ2n) is 5.91. The van der Waals surface area contributed by atoms with Gasteiger partial charge in [-0.05, 0) is 61.7 Å². The predicted molar refractivity (Wildman–Crippen MR) is 102 cm³/mol. The fourth-order valence-electron chi connectivity index (χ4n) is 2.13. The number of rotatable bonds is 7. The van der Waals surface area contributed by atoms with Crippen molar-refractivity contribution >= 4 is 23.2 Å². The van der Waals surface area contributed by atoms with Gasteiger partial charge in [0.15, 0.2) is 6.61 Å². The summed E-state index contributed by atoms with van der Waals surface area (Å²) < 4.78 is 11.2. The monoisotopic (exact) mass is 359 g/mol. The van der Waals surface area contributed by atoms with E-state index < -0.39 is 0 Å². The molecule has 0 fully saturated rings. The molecule has 2 aromatic carbocycles. The number of hydrogen-bond donors (Lipinski definition) is 1. The van der Waals surface area contributed by atoms with Gasteiger partial charge in [-0.3, -0.25) is 4.79 Å². The molecule has 0 saturated heterocycles. The molecule has 0 bridgehead atoms. The number of ether oxygens (including phenoxy) is 2. The third-order valence-electron chi connectivity index (χ3n) is 3.63. The highest BCUT2D eigenvalue weighted by atomic mass is 35.5. The van der Waals surface area contributed by atoms with Gasteiger partial charge in [-0.1, -0.05) is 24.2 Å². The molecule has 2 aromatic rings. The average Bonchev–Trinajstić information content (AvgIpc) is 2.57. The molecular formula is C20H22ClNO3. The second kappa shape index (κ2) is 8.58. The van der Waals surface area contributed by atoms with Crippen LogP contribution in [0.25, 0.3) is 0 Å². The van der Waals surface area contributed by atoms with E-state index >= 15 is 0 Å². The minimum absolute atomic E-state index is 0.0846. The maximum atomic E-state index is 12.1. The maximum absolute atomic E-state index is 12.1. The largest absolute Gasteiger partial charge is 0.489 e. The summed E-state index contributed by atoms with van der Waals surface area (Å²) in [4.78, 5) is 12.1. The molecule has 132 valence electrons. The van der Waals surface area contributed by atoms with Gasteiger partial charge in [0.05, 0.1) is 0 Å². The lowest BCUT2D eigenvalue weighted by atomic mass is 10.1. The molecular weight excluding hydrogens is 338 g/mol. The van der Waals surface area contributed by atoms with Crippen molar-refractivity contribution in [2.24, 2.45) is 0 Å². The van der Waals surface area contributed by atoms with E-state index in [1.807, 2.05) is 32.9 Å². The number of nitrogens with one attached hydrogen (secondary N) is 1. The predicted octanol–water partition coefficient (Wildman–Crippen LogP) is 4.93. The Kier molecular flexibility index (Phi) is 6.48. The van der Waals surface area contributed by atoms with Gasteiger partial charge in [0.2, 0.25) is 0 Å². The Morgan fingerprint density at radius 3 is 2.60 bits per heavy atom. The average molecular weight is 360 g/mol. The molecule has 0 heterocycles. The molecule has 0 aliphatic carbocycles. The van der Waals surface area contributed by atoms with Gasteiger partial charge in [0.1, 0.15) is 18.1 Å². The van der Waals surface area contributed by atoms with Crippen molar-refractivity contribution in [2.45, 2.75) is 20.8 Å². The quantitative estimate of drug-likeness (QED) is 0.713. The van der Waals surface area contributed by atoms with Gasteiger partial charge in [0.25, 0.3) is 5.91 Å². The van der Waals surface area contributed by atoms with Gasteiger partial charge in [-0.2, -0.15) is 0 Å². The highest BCUT2D eigenvalue weighted by Gasteiger charge is 2.09. The van der Waals surface area contributed by atoms with Crippen LogP contribution in [0.5, 0.6) is 11.5 Å². The Hall–Kier alpha value is -2.46. The zero-order chi connectivity index (χ0) is 18.4. The second-order valence-corrected chi connectivity index (χ2v) is 6.31. The molecule has 0 aromatic heterocycles. The molecule has 0 aliphatic heterocycles. The summed E-state index contributed by atoms with van der Waals surface area (Å²) in [6, 6.07) is 10.7. The van der Waals surface area contributed by atoms with Crippen molar-refractivity contribution in [3.8, 4) is 11.5 Å². The summed E-state index contributed by atoms with van der Waals surface area (Å²) in [7, 11) is 0. The van der Waals surface area contributed by atoms with Crippen LogP contribution in [0.4, 0.5) is 5.69 Å². The maximum Gasteiger partial charge on any atom is 0.262 e. The van der Waals surface area contributed by atoms with Crippen molar-refractivity contribution in [1.82, 2.24) is 0 Å². The number of carbonyl (C=O) groups excluding carboxylic acids is 1. The molecule has 1 N–H and O–H groups in total. The van der Waals surface area contributed by atoms with Crippen molar-refractivity contribution in [3.05, 3.63) is 64.7 Å². The van der Waals surface area contributed by atoms with Crippen molar-refractivity contribution < 1.29 is 14.3 Å². The highest BCUT2D eigenvalue weighted by Crippen LogP contribution is 2.27. The fraction of sp³-hybridized carbons (Fsp3) is 0.250. The van der Waals surface area contributed by atoms with E-state index in [-0.39, 0.29) is 12.5 Å². The van der Waals surface area contributed by atoms with Crippen LogP contribution in [-0.4, -0.2) is 19.1 Å². The number of anilines is 1. The van der Waals surface area contributed by atoms with Gasteiger partial charge in [0, 0.05) is 16.8 Å². The molecule has 0 saturated carbocycles. The van der Waals surface area contributed by atoms with Gasteiger partial charge in [-0.25, -0.2) is 0 Å². The molecule has 1 amide bonds. The van der Waals surface area contributed by atoms with Crippen LogP contribution >= 0.6 is 11.6 Å². The number of benzene rings is 2. The summed E-state index contributed by atoms with van der Waals surface area (Å²) in [5.41, 5.74) is 3.45. The summed E-state index contributed by atoms with van der Waals surface area (Å²) in [6.07, 6.45) is 0. The van der Waals surface area contributed by atoms with E-state index in [2.05, 4.69) is 11.9 Å². The minimum Gasteiger partial charge on any atom is -0.489 e. The van der Waals surface area contributed by atoms with Crippen LogP contribution < -0.4 is 14.8 Å². The minimum atomic E-state index is -0.246. The summed E-state index contributed by atoms with van der Waals surface area (Å²) >= 11 is 6.06. The van der Waals surface area contributed by atoms with E-state index in [9.17, 15) is 4.79 Å². The first-order chi connectivity index (χ1) is 11.9. The van der Waals surface area contributed by atoms with Gasteiger partial charge >= 0.3 is 0 Å². The molecule has 2 rings (SSSR count). The zero-order valence-corrected chi connectivity index (χ0v) is 15.4. The van der Waals surface area contributed by atoms with E-state index in [1.54, 1.807) is 24.3 Å². The van der Waals surface area contributed by atoms with Crippen molar-refractivity contribution in [2.75, 3.05) is 18.5 Å². The van der Waals surface area contributed by atoms with Crippen LogP contribution in [0.3, 0.4) is 0 Å². The smallest absolute Gasteiger partial charge is 0.262 e. The fourth-order valence-corrected chi connectivity index (χ4v) is 2.33. The summed E-state index contributed by atoms with van der Waals surface area (Å²) in [5.74, 6) is 1.07. The molecule has 5 heteroatoms. The Balaban J connectivity index is 1.93. The lowest BCUT2D eigenvalue weighted by Gasteiger charge is -2.12. The van der Waals surface area contributed by atoms with E-state index in [4.69, 9.17) is 21.1 Å². The van der Waals surface area contributed by atoms with Gasteiger partial charge in [-0.15, -0.1) is 0 Å². The molecule has 0 aliphatic rings. The molecule has 0 atom stereocenters. The first kappa shape index (κ1) is 18.9. The van der Waals surface area contributed by atoms with E-state index in [0.29, 0.717) is 28.8 Å². The van der Waals surface area contributed by atoms with Crippen LogP contribution in [0.2, 0.25) is 5.02 Å². The number of amides is 1. The zero-order valence-electron chi connectivity index (χ0n) is 14.7. The lowest BCUT2D eigenvalue weighted by Crippen LogP contribution is -2.20. The standard InChI is InChI=1S/C20H22ClNO3/c1-13(2)11-24-17-7-5-6-16(10-17)22-20(23)12-25-19-9-8-18(21)14(3)15(19)4/h5-10H,1,11-12H2,2-4H3,(H,22,23). The van der Waals surface area contributed by atoms with Crippen LogP contribution in [0.15, 0.2) is 48.6 Å². The van der Waals surface area contributed by atoms with Crippen molar-refractivity contribution in [3.63, 3.8) is 0 Å². The number of carbonyl (C=O) groups is 1. The first-order valence-electron chi connectivity index (χ1n) is 7.92. The van der Waals surface area contributed by atoms with E-state index in [0.717, 1.165) is 16.7 Å². The summed E-state index contributed by atoms with van der Waals surface area (Å²) in [5, 5.41) is 3.47. The van der Waals surface area contributed by atoms with Crippen molar-refractivity contribution in [1.29, 1.82) is 0 Å². The SMILES string of the molecule is C=C(C)COc1cccc(NC(=O)COc2ccc(Cl)c(C)c2C)c1. The molecule has 25 heavy (non-hydrogen) atoms. The Labute approximate surface area is 153 Å². The topological polar surface area (TPSA) is 47.6 Å². The molecule has 0 spiro atoms. The van der Waals surface area contributed by atoms with Crippen LogP contribution in [-0.2, 0) is 4.79 Å². The van der Waals surface area contributed by atoms with Gasteiger partial charge < -0.3 is 14.8 Å². The van der Waals surface area contributed by atoms with E-state index in [1.165, 1.54) is 0 Å². The third-order valence-corrected chi connectivity index (χ3v) is 4.04. The van der Waals surface area contributed by atoms with Crippen LogP contribution in [0, 0.1) is 13.8 Å².